The van der Waals surface area contributed by atoms with Crippen LogP contribution >= 0.6 is 15.9 Å². The summed E-state index contributed by atoms with van der Waals surface area (Å²) >= 11 is 3.20. The molecule has 1 aromatic rings. The Hall–Kier alpha value is -1.34. The molecule has 0 saturated carbocycles. The maximum absolute atomic E-state index is 11.5. The van der Waals surface area contributed by atoms with Crippen LogP contribution in [0.15, 0.2) is 34.5 Å². The van der Waals surface area contributed by atoms with Crippen LogP contribution in [-0.4, -0.2) is 19.4 Å². The molecule has 0 radical (unpaired) electrons. The zero-order valence-corrected chi connectivity index (χ0v) is 10.2. The number of carbonyl (C=O) groups excluding carboxylic acids is 1. The van der Waals surface area contributed by atoms with E-state index in [0.29, 0.717) is 0 Å². The Labute approximate surface area is 100.0 Å². The number of carbonyl (C=O) groups is 1. The average Bonchev–Trinajstić information content (AvgIpc) is 2.39. The maximum Gasteiger partial charge on any atom is 0.301 e. The first-order valence-corrected chi connectivity index (χ1v) is 6.46. The van der Waals surface area contributed by atoms with Crippen molar-refractivity contribution in [2.24, 2.45) is 0 Å². The molecule has 0 unspecified atom stereocenters. The second-order valence-electron chi connectivity index (χ2n) is 3.12. The van der Waals surface area contributed by atoms with Crippen molar-refractivity contribution in [2.45, 2.75) is 0 Å². The van der Waals surface area contributed by atoms with Crippen molar-refractivity contribution in [1.29, 1.82) is 0 Å². The number of amides is 1. The van der Waals surface area contributed by atoms with Crippen LogP contribution < -0.4 is 4.72 Å². The molecule has 0 aromatic heterocycles. The van der Waals surface area contributed by atoms with Crippen LogP contribution in [0.2, 0.25) is 0 Å². The number of hydrogen-bond acceptors (Lipinski definition) is 4. The first kappa shape index (κ1) is 11.2. The standard InChI is InChI=1S/C9H6BrNO4S/c10-6-3-1-5(2-4-6)8-7(12)9(13)11-16(8,14)15/h1-4,12H,(H,11,13). The topological polar surface area (TPSA) is 83.5 Å². The fraction of sp³-hybridized carbons (Fsp3) is 0. The zero-order valence-electron chi connectivity index (χ0n) is 7.77. The van der Waals surface area contributed by atoms with Crippen molar-refractivity contribution in [3.05, 3.63) is 40.1 Å². The van der Waals surface area contributed by atoms with Gasteiger partial charge in [-0.2, -0.15) is 0 Å². The van der Waals surface area contributed by atoms with E-state index in [2.05, 4.69) is 15.9 Å². The van der Waals surface area contributed by atoms with Crippen molar-refractivity contribution in [3.8, 4) is 0 Å². The van der Waals surface area contributed by atoms with Gasteiger partial charge in [-0.05, 0) is 17.7 Å². The molecule has 5 nitrogen and oxygen atoms in total. The van der Waals surface area contributed by atoms with E-state index in [9.17, 15) is 18.3 Å². The summed E-state index contributed by atoms with van der Waals surface area (Å²) in [5, 5.41) is 9.39. The number of aliphatic hydroxyl groups is 1. The first-order chi connectivity index (χ1) is 7.42. The normalized spacial score (nSPS) is 18.7. The van der Waals surface area contributed by atoms with Crippen LogP contribution in [0.3, 0.4) is 0 Å². The number of benzene rings is 1. The molecule has 1 aliphatic rings. The Morgan fingerprint density at radius 1 is 1.19 bits per heavy atom. The molecule has 7 heteroatoms. The number of rotatable bonds is 1. The predicted molar refractivity (Wildman–Crippen MR) is 60.8 cm³/mol. The lowest BCUT2D eigenvalue weighted by Gasteiger charge is -2.01. The van der Waals surface area contributed by atoms with Gasteiger partial charge >= 0.3 is 5.91 Å². The minimum atomic E-state index is -3.94. The number of sulfonamides is 1. The van der Waals surface area contributed by atoms with Crippen molar-refractivity contribution < 1.29 is 18.3 Å². The molecule has 2 rings (SSSR count). The third-order valence-electron chi connectivity index (χ3n) is 2.03. The summed E-state index contributed by atoms with van der Waals surface area (Å²) in [6.45, 7) is 0. The highest BCUT2D eigenvalue weighted by Gasteiger charge is 2.36. The molecule has 1 aromatic carbocycles. The average molecular weight is 304 g/mol. The van der Waals surface area contributed by atoms with Crippen LogP contribution in [0.1, 0.15) is 5.56 Å². The largest absolute Gasteiger partial charge is 0.502 e. The van der Waals surface area contributed by atoms with Crippen LogP contribution in [0.25, 0.3) is 4.91 Å². The summed E-state index contributed by atoms with van der Waals surface area (Å²) in [6, 6.07) is 6.22. The lowest BCUT2D eigenvalue weighted by Crippen LogP contribution is -2.23. The SMILES string of the molecule is O=C1NS(=O)(=O)C(c2ccc(Br)cc2)=C1O. The highest BCUT2D eigenvalue weighted by Crippen LogP contribution is 2.28. The summed E-state index contributed by atoms with van der Waals surface area (Å²) < 4.78 is 25.5. The monoisotopic (exact) mass is 303 g/mol. The van der Waals surface area contributed by atoms with Crippen LogP contribution in [0.4, 0.5) is 0 Å². The van der Waals surface area contributed by atoms with Gasteiger partial charge in [0, 0.05) is 4.47 Å². The molecule has 0 spiro atoms. The molecule has 0 fully saturated rings. The summed E-state index contributed by atoms with van der Waals surface area (Å²) in [5.41, 5.74) is 0.263. The van der Waals surface area contributed by atoms with E-state index in [4.69, 9.17) is 0 Å². The molecule has 0 aliphatic carbocycles. The van der Waals surface area contributed by atoms with Crippen LogP contribution in [0, 0.1) is 0 Å². The highest BCUT2D eigenvalue weighted by molar-refractivity contribution is 9.10. The molecule has 0 bridgehead atoms. The van der Waals surface area contributed by atoms with Gasteiger partial charge in [0.15, 0.2) is 0 Å². The number of nitrogens with one attached hydrogen (secondary N) is 1. The van der Waals surface area contributed by atoms with E-state index in [0.717, 1.165) is 4.47 Å². The van der Waals surface area contributed by atoms with E-state index < -0.39 is 21.7 Å². The number of aliphatic hydroxyl groups excluding tert-OH is 1. The summed E-state index contributed by atoms with van der Waals surface area (Å²) in [4.78, 5) is 10.6. The third-order valence-corrected chi connectivity index (χ3v) is 3.98. The summed E-state index contributed by atoms with van der Waals surface area (Å²) in [5.74, 6) is -1.78. The van der Waals surface area contributed by atoms with E-state index in [1.54, 1.807) is 16.9 Å². The van der Waals surface area contributed by atoms with E-state index in [1.165, 1.54) is 12.1 Å². The van der Waals surface area contributed by atoms with Crippen molar-refractivity contribution in [1.82, 2.24) is 4.72 Å². The molecular formula is C9H6BrNO4S. The highest BCUT2D eigenvalue weighted by atomic mass is 79.9. The van der Waals surface area contributed by atoms with Gasteiger partial charge in [-0.15, -0.1) is 0 Å². The quantitative estimate of drug-likeness (QED) is 0.815. The molecule has 16 heavy (non-hydrogen) atoms. The van der Waals surface area contributed by atoms with Crippen LogP contribution in [-0.2, 0) is 14.8 Å². The minimum Gasteiger partial charge on any atom is -0.502 e. The van der Waals surface area contributed by atoms with Gasteiger partial charge in [-0.1, -0.05) is 28.1 Å². The molecule has 1 aliphatic heterocycles. The van der Waals surface area contributed by atoms with E-state index in [1.807, 2.05) is 0 Å². The molecule has 1 amide bonds. The molecule has 0 saturated heterocycles. The van der Waals surface area contributed by atoms with Gasteiger partial charge in [0.1, 0.15) is 4.91 Å². The third kappa shape index (κ3) is 1.72. The Bertz CT molecular complexity index is 588. The molecule has 1 heterocycles. The first-order valence-electron chi connectivity index (χ1n) is 4.18. The Morgan fingerprint density at radius 3 is 2.19 bits per heavy atom. The van der Waals surface area contributed by atoms with Gasteiger partial charge < -0.3 is 5.11 Å². The molecule has 84 valence electrons. The molecule has 0 atom stereocenters. The summed E-state index contributed by atoms with van der Waals surface area (Å²) in [7, 11) is -3.94. The van der Waals surface area contributed by atoms with Gasteiger partial charge in [-0.3, -0.25) is 4.79 Å². The smallest absolute Gasteiger partial charge is 0.301 e. The van der Waals surface area contributed by atoms with E-state index in [-0.39, 0.29) is 10.5 Å². The Kier molecular flexibility index (Phi) is 2.51. The molecular weight excluding hydrogens is 298 g/mol. The predicted octanol–water partition coefficient (Wildman–Crippen LogP) is 1.14. The van der Waals surface area contributed by atoms with Gasteiger partial charge in [0.05, 0.1) is 0 Å². The lowest BCUT2D eigenvalue weighted by molar-refractivity contribution is -0.117. The Balaban J connectivity index is 2.64. The van der Waals surface area contributed by atoms with Gasteiger partial charge in [0.2, 0.25) is 5.76 Å². The van der Waals surface area contributed by atoms with Crippen molar-refractivity contribution in [3.63, 3.8) is 0 Å². The number of halogens is 1. The maximum atomic E-state index is 11.5. The van der Waals surface area contributed by atoms with E-state index >= 15 is 0 Å². The second kappa shape index (κ2) is 3.60. The molecule has 2 N–H and O–H groups in total. The fourth-order valence-electron chi connectivity index (χ4n) is 1.34. The number of hydrogen-bond donors (Lipinski definition) is 2. The summed E-state index contributed by atoms with van der Waals surface area (Å²) in [6.07, 6.45) is 0. The fourth-order valence-corrected chi connectivity index (χ4v) is 2.85. The van der Waals surface area contributed by atoms with Crippen LogP contribution in [0.5, 0.6) is 0 Å². The van der Waals surface area contributed by atoms with Gasteiger partial charge in [-0.25, -0.2) is 13.1 Å². The minimum absolute atomic E-state index is 0.263. The lowest BCUT2D eigenvalue weighted by atomic mass is 10.2. The van der Waals surface area contributed by atoms with Crippen molar-refractivity contribution in [2.75, 3.05) is 0 Å². The van der Waals surface area contributed by atoms with Gasteiger partial charge in [0.25, 0.3) is 10.0 Å². The Morgan fingerprint density at radius 2 is 1.75 bits per heavy atom. The van der Waals surface area contributed by atoms with Crippen molar-refractivity contribution >= 4 is 36.8 Å². The zero-order chi connectivity index (χ0) is 11.9. The second-order valence-corrected chi connectivity index (χ2v) is 5.65.